The quantitative estimate of drug-likeness (QED) is 0.905. The molecule has 0 saturated carbocycles. The number of carbonyl (C=O) groups is 1. The summed E-state index contributed by atoms with van der Waals surface area (Å²) in [5, 5.41) is 8.57. The second-order valence-corrected chi connectivity index (χ2v) is 2.69. The first-order chi connectivity index (χ1) is 6.90. The predicted molar refractivity (Wildman–Crippen MR) is 51.2 cm³/mol. The number of alkyl halides is 3. The van der Waals surface area contributed by atoms with Gasteiger partial charge in [-0.1, -0.05) is 30.3 Å². The molecule has 1 rings (SSSR count). The maximum atomic E-state index is 11.9. The molecule has 0 bridgehead atoms. The molecule has 0 saturated heterocycles. The summed E-state index contributed by atoms with van der Waals surface area (Å²) in [5.74, 6) is -1.68. The van der Waals surface area contributed by atoms with Gasteiger partial charge in [-0.25, -0.2) is 4.79 Å². The third-order valence-electron chi connectivity index (χ3n) is 1.58. The normalized spacial score (nSPS) is 12.7. The lowest BCUT2D eigenvalue weighted by molar-refractivity contribution is -0.341. The highest BCUT2D eigenvalue weighted by molar-refractivity contribution is 5.85. The summed E-state index contributed by atoms with van der Waals surface area (Å²) in [6.07, 6.45) is -7.00. The van der Waals surface area contributed by atoms with Crippen molar-refractivity contribution in [3.8, 4) is 0 Å². The standard InChI is InChI=1S/C9H7F3O3.ClH/c10-9(11,12)15-7(8(13)14)6-4-2-1-3-5-6;/h1-5,7H,(H,13,14);1H. The highest BCUT2D eigenvalue weighted by Gasteiger charge is 2.37. The van der Waals surface area contributed by atoms with E-state index in [1.807, 2.05) is 0 Å². The van der Waals surface area contributed by atoms with E-state index in [4.69, 9.17) is 5.11 Å². The second kappa shape index (κ2) is 5.72. The number of carboxylic acids is 1. The molecule has 90 valence electrons. The van der Waals surface area contributed by atoms with E-state index in [-0.39, 0.29) is 18.0 Å². The first-order valence-corrected chi connectivity index (χ1v) is 3.92. The summed E-state index contributed by atoms with van der Waals surface area (Å²) >= 11 is 0. The minimum atomic E-state index is -4.97. The van der Waals surface area contributed by atoms with E-state index in [0.29, 0.717) is 0 Å². The Balaban J connectivity index is 0.00000225. The molecule has 7 heteroatoms. The van der Waals surface area contributed by atoms with Crippen LogP contribution in [0.5, 0.6) is 0 Å². The fraction of sp³-hybridized carbons (Fsp3) is 0.222. The molecule has 0 radical (unpaired) electrons. The second-order valence-electron chi connectivity index (χ2n) is 2.69. The Labute approximate surface area is 95.2 Å². The average Bonchev–Trinajstić information content (AvgIpc) is 2.14. The molecule has 1 N–H and O–H groups in total. The Kier molecular flexibility index (Phi) is 5.26. The molecule has 0 aliphatic heterocycles. The maximum absolute atomic E-state index is 11.9. The smallest absolute Gasteiger partial charge is 0.479 e. The zero-order chi connectivity index (χ0) is 11.5. The van der Waals surface area contributed by atoms with Crippen molar-refractivity contribution in [1.82, 2.24) is 0 Å². The van der Waals surface area contributed by atoms with Gasteiger partial charge < -0.3 is 5.11 Å². The summed E-state index contributed by atoms with van der Waals surface area (Å²) in [4.78, 5) is 10.6. The van der Waals surface area contributed by atoms with Gasteiger partial charge in [0.1, 0.15) is 0 Å². The lowest BCUT2D eigenvalue weighted by Gasteiger charge is -2.15. The third kappa shape index (κ3) is 4.50. The number of benzene rings is 1. The zero-order valence-electron chi connectivity index (χ0n) is 7.77. The van der Waals surface area contributed by atoms with Crippen molar-refractivity contribution in [3.63, 3.8) is 0 Å². The van der Waals surface area contributed by atoms with Gasteiger partial charge >= 0.3 is 12.3 Å². The van der Waals surface area contributed by atoms with Crippen molar-refractivity contribution in [3.05, 3.63) is 35.9 Å². The van der Waals surface area contributed by atoms with E-state index >= 15 is 0 Å². The fourth-order valence-electron chi connectivity index (χ4n) is 1.02. The van der Waals surface area contributed by atoms with E-state index in [2.05, 4.69) is 4.74 Å². The van der Waals surface area contributed by atoms with E-state index in [9.17, 15) is 18.0 Å². The molecule has 0 aliphatic rings. The Morgan fingerprint density at radius 3 is 2.12 bits per heavy atom. The van der Waals surface area contributed by atoms with Crippen LogP contribution in [0.1, 0.15) is 11.7 Å². The number of aliphatic carboxylic acids is 1. The molecule has 0 aliphatic carbocycles. The van der Waals surface area contributed by atoms with Crippen molar-refractivity contribution >= 4 is 18.4 Å². The molecule has 1 aromatic rings. The van der Waals surface area contributed by atoms with Crippen LogP contribution in [0, 0.1) is 0 Å². The molecule has 0 aromatic heterocycles. The number of ether oxygens (including phenoxy) is 1. The van der Waals surface area contributed by atoms with Gasteiger partial charge in [-0.15, -0.1) is 25.6 Å². The summed E-state index contributed by atoms with van der Waals surface area (Å²) in [6, 6.07) is 6.95. The van der Waals surface area contributed by atoms with Gasteiger partial charge in [0.05, 0.1) is 0 Å². The van der Waals surface area contributed by atoms with E-state index in [1.165, 1.54) is 24.3 Å². The van der Waals surface area contributed by atoms with Gasteiger partial charge in [0.25, 0.3) is 0 Å². The number of hydrogen-bond donors (Lipinski definition) is 1. The van der Waals surface area contributed by atoms with Crippen molar-refractivity contribution in [1.29, 1.82) is 0 Å². The number of rotatable bonds is 3. The van der Waals surface area contributed by atoms with Crippen LogP contribution in [0.25, 0.3) is 0 Å². The van der Waals surface area contributed by atoms with Crippen LogP contribution in [-0.4, -0.2) is 17.4 Å². The Morgan fingerprint density at radius 1 is 1.25 bits per heavy atom. The summed E-state index contributed by atoms with van der Waals surface area (Å²) < 4.78 is 39.1. The van der Waals surface area contributed by atoms with Crippen LogP contribution in [0.2, 0.25) is 0 Å². The minimum Gasteiger partial charge on any atom is -0.479 e. The topological polar surface area (TPSA) is 46.5 Å². The van der Waals surface area contributed by atoms with Gasteiger partial charge in [-0.2, -0.15) is 0 Å². The average molecular weight is 257 g/mol. The first kappa shape index (κ1) is 14.7. The molecule has 0 fully saturated rings. The molecule has 1 aromatic carbocycles. The molecule has 16 heavy (non-hydrogen) atoms. The van der Waals surface area contributed by atoms with Crippen LogP contribution in [0.4, 0.5) is 13.2 Å². The molecule has 1 unspecified atom stereocenters. The molecule has 0 heterocycles. The van der Waals surface area contributed by atoms with Gasteiger partial charge in [0.15, 0.2) is 6.10 Å². The highest BCUT2D eigenvalue weighted by Crippen LogP contribution is 2.27. The first-order valence-electron chi connectivity index (χ1n) is 3.92. The van der Waals surface area contributed by atoms with E-state index in [0.717, 1.165) is 0 Å². The largest absolute Gasteiger partial charge is 0.523 e. The summed E-state index contributed by atoms with van der Waals surface area (Å²) in [6.45, 7) is 0. The Bertz CT molecular complexity index is 340. The Hall–Kier alpha value is -1.27. The van der Waals surface area contributed by atoms with Gasteiger partial charge in [0.2, 0.25) is 0 Å². The summed E-state index contributed by atoms with van der Waals surface area (Å²) in [5.41, 5.74) is -0.0534. The van der Waals surface area contributed by atoms with Crippen molar-refractivity contribution in [2.45, 2.75) is 12.5 Å². The molecule has 0 spiro atoms. The summed E-state index contributed by atoms with van der Waals surface area (Å²) in [7, 11) is 0. The van der Waals surface area contributed by atoms with E-state index in [1.54, 1.807) is 6.07 Å². The van der Waals surface area contributed by atoms with Gasteiger partial charge in [-0.3, -0.25) is 4.74 Å². The van der Waals surface area contributed by atoms with Crippen molar-refractivity contribution < 1.29 is 27.8 Å². The number of halogens is 4. The molecular formula is C9H8ClF3O3. The number of carboxylic acid groups (broad SMARTS) is 1. The van der Waals surface area contributed by atoms with Crippen molar-refractivity contribution in [2.75, 3.05) is 0 Å². The maximum Gasteiger partial charge on any atom is 0.523 e. The molecule has 1 atom stereocenters. The predicted octanol–water partition coefficient (Wildman–Crippen LogP) is 2.77. The third-order valence-corrected chi connectivity index (χ3v) is 1.58. The number of hydrogen-bond acceptors (Lipinski definition) is 2. The molecular weight excluding hydrogens is 249 g/mol. The van der Waals surface area contributed by atoms with Crippen LogP contribution >= 0.6 is 12.4 Å². The van der Waals surface area contributed by atoms with Crippen LogP contribution < -0.4 is 0 Å². The van der Waals surface area contributed by atoms with E-state index < -0.39 is 18.4 Å². The molecule has 0 amide bonds. The molecule has 3 nitrogen and oxygen atoms in total. The Morgan fingerprint density at radius 2 is 1.75 bits per heavy atom. The minimum absolute atomic E-state index is 0. The monoisotopic (exact) mass is 256 g/mol. The van der Waals surface area contributed by atoms with Crippen LogP contribution in [0.3, 0.4) is 0 Å². The fourth-order valence-corrected chi connectivity index (χ4v) is 1.02. The zero-order valence-corrected chi connectivity index (χ0v) is 8.59. The van der Waals surface area contributed by atoms with Crippen LogP contribution in [-0.2, 0) is 9.53 Å². The lowest BCUT2D eigenvalue weighted by Crippen LogP contribution is -2.24. The van der Waals surface area contributed by atoms with Crippen molar-refractivity contribution in [2.24, 2.45) is 0 Å². The SMILES string of the molecule is Cl.O=C(O)C(OC(F)(F)F)c1ccccc1. The van der Waals surface area contributed by atoms with Crippen LogP contribution in [0.15, 0.2) is 30.3 Å². The highest BCUT2D eigenvalue weighted by atomic mass is 35.5. The van der Waals surface area contributed by atoms with Gasteiger partial charge in [-0.05, 0) is 5.56 Å². The van der Waals surface area contributed by atoms with Gasteiger partial charge in [0, 0.05) is 0 Å². The lowest BCUT2D eigenvalue weighted by atomic mass is 10.1.